The normalized spacial score (nSPS) is 18.6. The summed E-state index contributed by atoms with van der Waals surface area (Å²) in [6.45, 7) is 3.15. The second kappa shape index (κ2) is 7.82. The van der Waals surface area contributed by atoms with Gasteiger partial charge in [-0.05, 0) is 19.8 Å². The minimum atomic E-state index is -1.08. The number of amides is 2. The maximum Gasteiger partial charge on any atom is 0.242 e. The maximum absolute atomic E-state index is 12.2. The summed E-state index contributed by atoms with van der Waals surface area (Å²) in [6, 6.07) is 1.38. The molecule has 20 heavy (non-hydrogen) atoms. The number of carbonyl (C=O) groups is 2. The Labute approximate surface area is 118 Å². The summed E-state index contributed by atoms with van der Waals surface area (Å²) in [7, 11) is 1.54. The van der Waals surface area contributed by atoms with Gasteiger partial charge in [-0.2, -0.15) is 5.26 Å². The van der Waals surface area contributed by atoms with Gasteiger partial charge in [0, 0.05) is 26.9 Å². The highest BCUT2D eigenvalue weighted by Gasteiger charge is 2.41. The van der Waals surface area contributed by atoms with Crippen LogP contribution in [0.4, 0.5) is 0 Å². The molecule has 1 fully saturated rings. The van der Waals surface area contributed by atoms with E-state index in [1.165, 1.54) is 0 Å². The Morgan fingerprint density at radius 3 is 2.65 bits per heavy atom. The number of nitrogens with one attached hydrogen (secondary N) is 2. The first-order chi connectivity index (χ1) is 9.55. The molecule has 0 aromatic rings. The van der Waals surface area contributed by atoms with Gasteiger partial charge in [0.1, 0.15) is 11.5 Å². The van der Waals surface area contributed by atoms with Crippen LogP contribution in [0.3, 0.4) is 0 Å². The monoisotopic (exact) mass is 283 g/mol. The molecule has 1 unspecified atom stereocenters. The Morgan fingerprint density at radius 1 is 1.45 bits per heavy atom. The van der Waals surface area contributed by atoms with Crippen molar-refractivity contribution in [3.8, 4) is 6.07 Å². The zero-order valence-electron chi connectivity index (χ0n) is 11.9. The Balaban J connectivity index is 2.51. The minimum absolute atomic E-state index is 0.296. The molecule has 1 atom stereocenters. The molecule has 1 rings (SSSR count). The molecule has 7 nitrogen and oxygen atoms in total. The van der Waals surface area contributed by atoms with E-state index in [2.05, 4.69) is 16.7 Å². The Bertz CT molecular complexity index is 386. The molecule has 0 aliphatic carbocycles. The minimum Gasteiger partial charge on any atom is -0.383 e. The summed E-state index contributed by atoms with van der Waals surface area (Å²) >= 11 is 0. The van der Waals surface area contributed by atoms with Gasteiger partial charge in [0.2, 0.25) is 11.8 Å². The third-order valence-electron chi connectivity index (χ3n) is 3.34. The molecule has 0 saturated carbocycles. The van der Waals surface area contributed by atoms with Gasteiger partial charge in [-0.3, -0.25) is 9.59 Å². The van der Waals surface area contributed by atoms with Gasteiger partial charge in [-0.15, -0.1) is 0 Å². The largest absolute Gasteiger partial charge is 0.383 e. The van der Waals surface area contributed by atoms with Gasteiger partial charge in [0.05, 0.1) is 12.7 Å². The van der Waals surface area contributed by atoms with Crippen molar-refractivity contribution in [3.05, 3.63) is 0 Å². The zero-order chi connectivity index (χ0) is 15.0. The van der Waals surface area contributed by atoms with Crippen molar-refractivity contribution in [1.29, 1.82) is 5.26 Å². The van der Waals surface area contributed by atoms with E-state index in [1.807, 2.05) is 0 Å². The topological polar surface area (TPSA) is 100 Å². The van der Waals surface area contributed by atoms with Crippen LogP contribution in [0, 0.1) is 16.7 Å². The highest BCUT2D eigenvalue weighted by Crippen LogP contribution is 2.29. The third kappa shape index (κ3) is 4.18. The quantitative estimate of drug-likeness (QED) is 0.644. The summed E-state index contributed by atoms with van der Waals surface area (Å²) in [5.41, 5.74) is -1.08. The molecule has 2 N–H and O–H groups in total. The standard InChI is InChI=1S/C13H21N3O4/c1-10(11(17)15-5-8-19-2)16-12(18)13(9-14)3-6-20-7-4-13/h10H,3-8H2,1-2H3,(H,15,17)(H,16,18). The lowest BCUT2D eigenvalue weighted by Gasteiger charge is -2.30. The van der Waals surface area contributed by atoms with E-state index in [1.54, 1.807) is 14.0 Å². The van der Waals surface area contributed by atoms with E-state index in [4.69, 9.17) is 9.47 Å². The van der Waals surface area contributed by atoms with Gasteiger partial charge >= 0.3 is 0 Å². The molecule has 0 spiro atoms. The number of nitrogens with zero attached hydrogens (tertiary/aromatic N) is 1. The first-order valence-electron chi connectivity index (χ1n) is 6.62. The average Bonchev–Trinajstić information content (AvgIpc) is 2.47. The van der Waals surface area contributed by atoms with Crippen molar-refractivity contribution in [1.82, 2.24) is 10.6 Å². The predicted molar refractivity (Wildman–Crippen MR) is 70.6 cm³/mol. The van der Waals surface area contributed by atoms with Crippen LogP contribution in [0.5, 0.6) is 0 Å². The van der Waals surface area contributed by atoms with Crippen molar-refractivity contribution in [2.45, 2.75) is 25.8 Å². The van der Waals surface area contributed by atoms with Crippen molar-refractivity contribution < 1.29 is 19.1 Å². The molecule has 0 radical (unpaired) electrons. The van der Waals surface area contributed by atoms with Crippen molar-refractivity contribution in [3.63, 3.8) is 0 Å². The number of methoxy groups -OCH3 is 1. The Kier molecular flexibility index (Phi) is 6.42. The molecule has 0 aromatic carbocycles. The van der Waals surface area contributed by atoms with Gasteiger partial charge in [-0.25, -0.2) is 0 Å². The second-order valence-corrected chi connectivity index (χ2v) is 4.79. The van der Waals surface area contributed by atoms with Crippen LogP contribution < -0.4 is 10.6 Å². The molecule has 0 bridgehead atoms. The molecule has 1 heterocycles. The molecule has 0 aromatic heterocycles. The fourth-order valence-corrected chi connectivity index (χ4v) is 1.94. The van der Waals surface area contributed by atoms with Crippen LogP contribution in [0.2, 0.25) is 0 Å². The number of hydrogen-bond donors (Lipinski definition) is 2. The Morgan fingerprint density at radius 2 is 2.10 bits per heavy atom. The molecule has 1 saturated heterocycles. The van der Waals surface area contributed by atoms with E-state index in [-0.39, 0.29) is 5.91 Å². The van der Waals surface area contributed by atoms with Gasteiger partial charge in [0.25, 0.3) is 0 Å². The first kappa shape index (κ1) is 16.4. The van der Waals surface area contributed by atoms with Crippen LogP contribution in [0.25, 0.3) is 0 Å². The molecule has 2 amide bonds. The molecule has 7 heteroatoms. The predicted octanol–water partition coefficient (Wildman–Crippen LogP) is -0.426. The highest BCUT2D eigenvalue weighted by atomic mass is 16.5. The van der Waals surface area contributed by atoms with Crippen LogP contribution >= 0.6 is 0 Å². The maximum atomic E-state index is 12.2. The lowest BCUT2D eigenvalue weighted by atomic mass is 9.80. The zero-order valence-corrected chi connectivity index (χ0v) is 11.9. The Hall–Kier alpha value is -1.65. The molecule has 1 aliphatic heterocycles. The molecule has 112 valence electrons. The van der Waals surface area contributed by atoms with Crippen molar-refractivity contribution in [2.24, 2.45) is 5.41 Å². The molecular formula is C13H21N3O4. The smallest absolute Gasteiger partial charge is 0.242 e. The van der Waals surface area contributed by atoms with Gasteiger partial charge in [-0.1, -0.05) is 0 Å². The van der Waals surface area contributed by atoms with Crippen LogP contribution in [0.15, 0.2) is 0 Å². The van der Waals surface area contributed by atoms with Gasteiger partial charge < -0.3 is 20.1 Å². The van der Waals surface area contributed by atoms with Crippen LogP contribution in [-0.2, 0) is 19.1 Å². The molecule has 1 aliphatic rings. The summed E-state index contributed by atoms with van der Waals surface area (Å²) in [5.74, 6) is -0.701. The fourth-order valence-electron chi connectivity index (χ4n) is 1.94. The fraction of sp³-hybridized carbons (Fsp3) is 0.769. The summed E-state index contributed by atoms with van der Waals surface area (Å²) in [5, 5.41) is 14.5. The lowest BCUT2D eigenvalue weighted by Crippen LogP contribution is -2.51. The molecular weight excluding hydrogens is 262 g/mol. The number of nitriles is 1. The SMILES string of the molecule is COCCNC(=O)C(C)NC(=O)C1(C#N)CCOCC1. The van der Waals surface area contributed by atoms with E-state index in [0.29, 0.717) is 39.2 Å². The number of carbonyl (C=O) groups excluding carboxylic acids is 2. The van der Waals surface area contributed by atoms with Crippen molar-refractivity contribution >= 4 is 11.8 Å². The first-order valence-corrected chi connectivity index (χ1v) is 6.62. The average molecular weight is 283 g/mol. The van der Waals surface area contributed by atoms with E-state index in [9.17, 15) is 14.9 Å². The van der Waals surface area contributed by atoms with Gasteiger partial charge in [0.15, 0.2) is 0 Å². The van der Waals surface area contributed by atoms with E-state index >= 15 is 0 Å². The lowest BCUT2D eigenvalue weighted by molar-refractivity contribution is -0.136. The second-order valence-electron chi connectivity index (χ2n) is 4.79. The van der Waals surface area contributed by atoms with Crippen LogP contribution in [0.1, 0.15) is 19.8 Å². The highest BCUT2D eigenvalue weighted by molar-refractivity contribution is 5.91. The van der Waals surface area contributed by atoms with E-state index in [0.717, 1.165) is 0 Å². The summed E-state index contributed by atoms with van der Waals surface area (Å²) < 4.78 is 9.99. The summed E-state index contributed by atoms with van der Waals surface area (Å²) in [6.07, 6.45) is 0.709. The van der Waals surface area contributed by atoms with Crippen molar-refractivity contribution in [2.75, 3.05) is 33.5 Å². The van der Waals surface area contributed by atoms with E-state index < -0.39 is 17.4 Å². The summed E-state index contributed by atoms with van der Waals surface area (Å²) in [4.78, 5) is 23.9. The number of rotatable bonds is 6. The van der Waals surface area contributed by atoms with Crippen LogP contribution in [-0.4, -0.2) is 51.3 Å². The third-order valence-corrected chi connectivity index (χ3v) is 3.34. The number of ether oxygens (including phenoxy) is 2. The number of hydrogen-bond acceptors (Lipinski definition) is 5.